The molecule has 1 aromatic carbocycles. The van der Waals surface area contributed by atoms with Crippen molar-refractivity contribution in [2.75, 3.05) is 7.11 Å². The van der Waals surface area contributed by atoms with Crippen LogP contribution >= 0.6 is 0 Å². The van der Waals surface area contributed by atoms with Gasteiger partial charge in [-0.15, -0.1) is 0 Å². The van der Waals surface area contributed by atoms with Gasteiger partial charge in [0.25, 0.3) is 0 Å². The van der Waals surface area contributed by atoms with E-state index in [1.165, 1.54) is 5.56 Å². The van der Waals surface area contributed by atoms with Crippen LogP contribution in [-0.2, 0) is 6.54 Å². The van der Waals surface area contributed by atoms with Gasteiger partial charge in [0.2, 0.25) is 0 Å². The van der Waals surface area contributed by atoms with Crippen LogP contribution < -0.4 is 10.1 Å². The SMILES string of the molecule is COc1cc(C(C)NCc2ncccc2C)ccc1O. The molecule has 106 valence electrons. The average molecular weight is 272 g/mol. The second-order valence-electron chi connectivity index (χ2n) is 4.80. The topological polar surface area (TPSA) is 54.4 Å². The molecule has 1 aromatic heterocycles. The zero-order valence-corrected chi connectivity index (χ0v) is 12.1. The van der Waals surface area contributed by atoms with Crippen LogP contribution in [-0.4, -0.2) is 17.2 Å². The minimum absolute atomic E-state index is 0.144. The van der Waals surface area contributed by atoms with E-state index >= 15 is 0 Å². The molecule has 20 heavy (non-hydrogen) atoms. The Labute approximate surface area is 119 Å². The number of pyridine rings is 1. The first kappa shape index (κ1) is 14.3. The fraction of sp³-hybridized carbons (Fsp3) is 0.312. The lowest BCUT2D eigenvalue weighted by molar-refractivity contribution is 0.372. The Morgan fingerprint density at radius 1 is 1.35 bits per heavy atom. The van der Waals surface area contributed by atoms with Crippen molar-refractivity contribution >= 4 is 0 Å². The predicted molar refractivity (Wildman–Crippen MR) is 78.9 cm³/mol. The summed E-state index contributed by atoms with van der Waals surface area (Å²) in [7, 11) is 1.55. The molecule has 0 fully saturated rings. The van der Waals surface area contributed by atoms with E-state index in [2.05, 4.69) is 30.2 Å². The molecule has 4 heteroatoms. The maximum Gasteiger partial charge on any atom is 0.160 e. The normalized spacial score (nSPS) is 12.2. The largest absolute Gasteiger partial charge is 0.504 e. The van der Waals surface area contributed by atoms with Crippen molar-refractivity contribution in [3.63, 3.8) is 0 Å². The highest BCUT2D eigenvalue weighted by Gasteiger charge is 2.09. The number of rotatable bonds is 5. The van der Waals surface area contributed by atoms with Crippen molar-refractivity contribution in [2.24, 2.45) is 0 Å². The zero-order chi connectivity index (χ0) is 14.5. The van der Waals surface area contributed by atoms with Gasteiger partial charge in [0.1, 0.15) is 0 Å². The van der Waals surface area contributed by atoms with Crippen LogP contribution in [0.25, 0.3) is 0 Å². The van der Waals surface area contributed by atoms with Crippen molar-refractivity contribution in [3.8, 4) is 11.5 Å². The maximum atomic E-state index is 9.61. The number of aryl methyl sites for hydroxylation is 1. The minimum Gasteiger partial charge on any atom is -0.504 e. The predicted octanol–water partition coefficient (Wildman–Crippen LogP) is 2.96. The fourth-order valence-electron chi connectivity index (χ4n) is 2.03. The van der Waals surface area contributed by atoms with Crippen LogP contribution in [0.2, 0.25) is 0 Å². The van der Waals surface area contributed by atoms with Crippen molar-refractivity contribution < 1.29 is 9.84 Å². The molecule has 1 atom stereocenters. The molecular formula is C16H20N2O2. The van der Waals surface area contributed by atoms with Gasteiger partial charge in [-0.25, -0.2) is 0 Å². The Morgan fingerprint density at radius 3 is 2.85 bits per heavy atom. The number of methoxy groups -OCH3 is 1. The van der Waals surface area contributed by atoms with Gasteiger partial charge in [0.05, 0.1) is 12.8 Å². The second kappa shape index (κ2) is 6.39. The lowest BCUT2D eigenvalue weighted by Gasteiger charge is -2.16. The van der Waals surface area contributed by atoms with Crippen molar-refractivity contribution in [2.45, 2.75) is 26.4 Å². The van der Waals surface area contributed by atoms with Crippen LogP contribution in [0.1, 0.15) is 29.8 Å². The summed E-state index contributed by atoms with van der Waals surface area (Å²) >= 11 is 0. The highest BCUT2D eigenvalue weighted by molar-refractivity contribution is 5.42. The Morgan fingerprint density at radius 2 is 2.15 bits per heavy atom. The lowest BCUT2D eigenvalue weighted by atomic mass is 10.1. The average Bonchev–Trinajstić information content (AvgIpc) is 2.46. The number of phenols is 1. The summed E-state index contributed by atoms with van der Waals surface area (Å²) in [5, 5.41) is 13.0. The van der Waals surface area contributed by atoms with Crippen LogP contribution in [0.3, 0.4) is 0 Å². The molecule has 0 saturated carbocycles. The minimum atomic E-state index is 0.144. The van der Waals surface area contributed by atoms with E-state index in [0.29, 0.717) is 12.3 Å². The molecule has 0 bridgehead atoms. The molecule has 1 unspecified atom stereocenters. The highest BCUT2D eigenvalue weighted by Crippen LogP contribution is 2.28. The number of hydrogen-bond acceptors (Lipinski definition) is 4. The van der Waals surface area contributed by atoms with E-state index in [1.54, 1.807) is 19.4 Å². The highest BCUT2D eigenvalue weighted by atomic mass is 16.5. The molecule has 2 rings (SSSR count). The van der Waals surface area contributed by atoms with Gasteiger partial charge in [-0.3, -0.25) is 4.98 Å². The standard InChI is InChI=1S/C16H20N2O2/c1-11-5-4-8-17-14(11)10-18-12(2)13-6-7-15(19)16(9-13)20-3/h4-9,12,18-19H,10H2,1-3H3. The Balaban J connectivity index is 2.05. The van der Waals surface area contributed by atoms with Gasteiger partial charge in [-0.2, -0.15) is 0 Å². The summed E-state index contributed by atoms with van der Waals surface area (Å²) in [4.78, 5) is 4.36. The molecule has 0 aliphatic carbocycles. The van der Waals surface area contributed by atoms with Crippen LogP contribution in [0.4, 0.5) is 0 Å². The third-order valence-corrected chi connectivity index (χ3v) is 3.40. The Bertz CT molecular complexity index is 584. The molecule has 2 aromatic rings. The van der Waals surface area contributed by atoms with E-state index < -0.39 is 0 Å². The summed E-state index contributed by atoms with van der Waals surface area (Å²) in [6, 6.07) is 9.52. The van der Waals surface area contributed by atoms with Crippen LogP contribution in [0.15, 0.2) is 36.5 Å². The molecule has 4 nitrogen and oxygen atoms in total. The summed E-state index contributed by atoms with van der Waals surface area (Å²) in [6.45, 7) is 4.83. The number of phenolic OH excluding ortho intramolecular Hbond substituents is 1. The number of nitrogens with one attached hydrogen (secondary N) is 1. The smallest absolute Gasteiger partial charge is 0.160 e. The molecular weight excluding hydrogens is 252 g/mol. The van der Waals surface area contributed by atoms with E-state index in [9.17, 15) is 5.11 Å². The van der Waals surface area contributed by atoms with Crippen molar-refractivity contribution in [1.29, 1.82) is 0 Å². The van der Waals surface area contributed by atoms with Crippen LogP contribution in [0.5, 0.6) is 11.5 Å². The fourth-order valence-corrected chi connectivity index (χ4v) is 2.03. The van der Waals surface area contributed by atoms with E-state index in [0.717, 1.165) is 11.3 Å². The molecule has 2 N–H and O–H groups in total. The molecule has 0 saturated heterocycles. The summed E-state index contributed by atoms with van der Waals surface area (Å²) in [5.41, 5.74) is 3.29. The zero-order valence-electron chi connectivity index (χ0n) is 12.1. The molecule has 0 amide bonds. The third kappa shape index (κ3) is 3.27. The van der Waals surface area contributed by atoms with Gasteiger partial charge in [0.15, 0.2) is 11.5 Å². The molecule has 0 radical (unpaired) electrons. The number of nitrogens with zero attached hydrogens (tertiary/aromatic N) is 1. The van der Waals surface area contributed by atoms with Crippen molar-refractivity contribution in [1.82, 2.24) is 10.3 Å². The van der Waals surface area contributed by atoms with Gasteiger partial charge in [-0.05, 0) is 43.2 Å². The molecule has 1 heterocycles. The van der Waals surface area contributed by atoms with E-state index in [1.807, 2.05) is 18.2 Å². The van der Waals surface area contributed by atoms with Gasteiger partial charge < -0.3 is 15.2 Å². The first-order chi connectivity index (χ1) is 9.61. The number of hydrogen-bond donors (Lipinski definition) is 2. The second-order valence-corrected chi connectivity index (χ2v) is 4.80. The molecule has 0 aliphatic rings. The van der Waals surface area contributed by atoms with E-state index in [4.69, 9.17) is 4.74 Å². The van der Waals surface area contributed by atoms with Crippen LogP contribution in [0, 0.1) is 6.92 Å². The van der Waals surface area contributed by atoms with Gasteiger partial charge in [0, 0.05) is 18.8 Å². The molecule has 0 aliphatic heterocycles. The molecule has 0 spiro atoms. The monoisotopic (exact) mass is 272 g/mol. The number of ether oxygens (including phenoxy) is 1. The summed E-state index contributed by atoms with van der Waals surface area (Å²) in [6.07, 6.45) is 1.80. The lowest BCUT2D eigenvalue weighted by Crippen LogP contribution is -2.19. The van der Waals surface area contributed by atoms with Gasteiger partial charge >= 0.3 is 0 Å². The van der Waals surface area contributed by atoms with Crippen molar-refractivity contribution in [3.05, 3.63) is 53.3 Å². The number of aromatic hydroxyl groups is 1. The Kier molecular flexibility index (Phi) is 4.58. The van der Waals surface area contributed by atoms with E-state index in [-0.39, 0.29) is 11.8 Å². The Hall–Kier alpha value is -2.07. The first-order valence-electron chi connectivity index (χ1n) is 6.62. The quantitative estimate of drug-likeness (QED) is 0.878. The number of aromatic nitrogens is 1. The number of benzene rings is 1. The summed E-state index contributed by atoms with van der Waals surface area (Å²) < 4.78 is 5.13. The van der Waals surface area contributed by atoms with Gasteiger partial charge in [-0.1, -0.05) is 12.1 Å². The maximum absolute atomic E-state index is 9.61. The summed E-state index contributed by atoms with van der Waals surface area (Å²) in [5.74, 6) is 0.647. The first-order valence-corrected chi connectivity index (χ1v) is 6.62. The third-order valence-electron chi connectivity index (χ3n) is 3.40.